The zero-order valence-electron chi connectivity index (χ0n) is 23.9. The van der Waals surface area contributed by atoms with Gasteiger partial charge in [-0.3, -0.25) is 14.8 Å². The Hall–Kier alpha value is -5.15. The molecule has 0 saturated heterocycles. The van der Waals surface area contributed by atoms with Gasteiger partial charge in [0, 0.05) is 18.8 Å². The van der Waals surface area contributed by atoms with Crippen LogP contribution in [0, 0.1) is 0 Å². The van der Waals surface area contributed by atoms with Crippen LogP contribution in [0.5, 0.6) is 11.5 Å². The van der Waals surface area contributed by atoms with Crippen LogP contribution >= 0.6 is 0 Å². The fraction of sp³-hybridized carbons (Fsp3) is 0.206. The van der Waals surface area contributed by atoms with Crippen molar-refractivity contribution in [2.75, 3.05) is 31.5 Å². The molecule has 0 radical (unpaired) electrons. The molecule has 0 fully saturated rings. The Morgan fingerprint density at radius 1 is 0.628 bits per heavy atom. The van der Waals surface area contributed by atoms with E-state index in [1.807, 2.05) is 91.0 Å². The Bertz CT molecular complexity index is 1430. The molecule has 3 N–H and O–H groups in total. The van der Waals surface area contributed by atoms with Crippen molar-refractivity contribution in [1.82, 2.24) is 15.3 Å². The fourth-order valence-corrected chi connectivity index (χ4v) is 4.48. The number of urea groups is 1. The van der Waals surface area contributed by atoms with Crippen molar-refractivity contribution in [1.29, 1.82) is 0 Å². The summed E-state index contributed by atoms with van der Waals surface area (Å²) in [4.78, 5) is 41.7. The lowest BCUT2D eigenvalue weighted by Gasteiger charge is -2.27. The maximum absolute atomic E-state index is 13.5. The van der Waals surface area contributed by atoms with E-state index in [0.717, 1.165) is 17.5 Å². The normalized spacial score (nSPS) is 10.4. The van der Waals surface area contributed by atoms with Gasteiger partial charge in [0.15, 0.2) is 0 Å². The maximum Gasteiger partial charge on any atom is 0.322 e. The average molecular weight is 581 g/mol. The molecule has 0 aliphatic heterocycles. The number of aryl methyl sites for hydroxylation is 1. The van der Waals surface area contributed by atoms with Gasteiger partial charge in [-0.15, -0.1) is 0 Å². The minimum Gasteiger partial charge on any atom is -0.457 e. The molecule has 0 atom stereocenters. The van der Waals surface area contributed by atoms with Crippen molar-refractivity contribution in [3.05, 3.63) is 126 Å². The standard InChI is InChI=1S/C34H36N4O5/c39-32(36-42)25-37(24-22-28-13-6-2-7-14-28)33(40)26-38(23-10-15-27-11-4-1-5-12-27)34(41)35-29-18-20-31(21-19-29)43-30-16-8-3-9-17-30/h1-9,11-14,16-21,42H,10,15,22-26H2,(H,35,41)(H,36,39). The van der Waals surface area contributed by atoms with E-state index in [4.69, 9.17) is 9.94 Å². The number of para-hydroxylation sites is 1. The van der Waals surface area contributed by atoms with Crippen molar-refractivity contribution < 1.29 is 24.3 Å². The van der Waals surface area contributed by atoms with E-state index in [9.17, 15) is 14.4 Å². The van der Waals surface area contributed by atoms with Crippen molar-refractivity contribution in [2.24, 2.45) is 0 Å². The summed E-state index contributed by atoms with van der Waals surface area (Å²) >= 11 is 0. The zero-order chi connectivity index (χ0) is 30.3. The SMILES string of the molecule is O=C(CN(CCc1ccccc1)C(=O)CN(CCCc1ccccc1)C(=O)Nc1ccc(Oc2ccccc2)cc1)NO. The summed E-state index contributed by atoms with van der Waals surface area (Å²) in [5.41, 5.74) is 4.27. The van der Waals surface area contributed by atoms with Crippen LogP contribution in [0.1, 0.15) is 17.5 Å². The number of carbonyl (C=O) groups is 3. The van der Waals surface area contributed by atoms with E-state index < -0.39 is 17.8 Å². The maximum atomic E-state index is 13.5. The molecule has 0 saturated carbocycles. The molecule has 0 aliphatic carbocycles. The van der Waals surface area contributed by atoms with Crippen molar-refractivity contribution in [3.63, 3.8) is 0 Å². The molecular formula is C34H36N4O5. The van der Waals surface area contributed by atoms with Crippen LogP contribution in [0.4, 0.5) is 10.5 Å². The van der Waals surface area contributed by atoms with Gasteiger partial charge in [0.1, 0.15) is 24.6 Å². The van der Waals surface area contributed by atoms with Gasteiger partial charge in [-0.2, -0.15) is 0 Å². The van der Waals surface area contributed by atoms with Gasteiger partial charge in [0.2, 0.25) is 5.91 Å². The van der Waals surface area contributed by atoms with Gasteiger partial charge in [-0.25, -0.2) is 10.3 Å². The van der Waals surface area contributed by atoms with E-state index in [0.29, 0.717) is 36.6 Å². The van der Waals surface area contributed by atoms with Crippen LogP contribution in [-0.4, -0.2) is 59.0 Å². The second-order valence-electron chi connectivity index (χ2n) is 9.97. The molecule has 0 unspecified atom stereocenters. The summed E-state index contributed by atoms with van der Waals surface area (Å²) in [6.45, 7) is 0.00680. The quantitative estimate of drug-likeness (QED) is 0.134. The smallest absolute Gasteiger partial charge is 0.322 e. The van der Waals surface area contributed by atoms with Gasteiger partial charge in [-0.1, -0.05) is 78.9 Å². The summed E-state index contributed by atoms with van der Waals surface area (Å²) in [5, 5.41) is 12.0. The molecule has 0 aliphatic rings. The molecule has 9 nitrogen and oxygen atoms in total. The molecule has 0 heterocycles. The number of rotatable bonds is 14. The third-order valence-electron chi connectivity index (χ3n) is 6.76. The highest BCUT2D eigenvalue weighted by atomic mass is 16.5. The molecule has 4 aromatic rings. The lowest BCUT2D eigenvalue weighted by atomic mass is 10.1. The highest BCUT2D eigenvalue weighted by Gasteiger charge is 2.23. The largest absolute Gasteiger partial charge is 0.457 e. The highest BCUT2D eigenvalue weighted by molar-refractivity contribution is 5.93. The second-order valence-corrected chi connectivity index (χ2v) is 9.97. The van der Waals surface area contributed by atoms with Crippen LogP contribution in [0.2, 0.25) is 0 Å². The predicted molar refractivity (Wildman–Crippen MR) is 165 cm³/mol. The number of carbonyl (C=O) groups excluding carboxylic acids is 3. The second kappa shape index (κ2) is 16.3. The monoisotopic (exact) mass is 580 g/mol. The first kappa shape index (κ1) is 30.8. The van der Waals surface area contributed by atoms with Gasteiger partial charge in [0.05, 0.1) is 0 Å². The van der Waals surface area contributed by atoms with E-state index >= 15 is 0 Å². The van der Waals surface area contributed by atoms with Gasteiger partial charge in [0.25, 0.3) is 5.91 Å². The average Bonchev–Trinajstić information content (AvgIpc) is 3.04. The number of hydrogen-bond donors (Lipinski definition) is 3. The molecular weight excluding hydrogens is 544 g/mol. The Kier molecular flexibility index (Phi) is 11.7. The Morgan fingerprint density at radius 3 is 1.79 bits per heavy atom. The van der Waals surface area contributed by atoms with Gasteiger partial charge in [-0.05, 0) is 66.8 Å². The lowest BCUT2D eigenvalue weighted by Crippen LogP contribution is -2.48. The number of nitrogens with one attached hydrogen (secondary N) is 2. The van der Waals surface area contributed by atoms with E-state index in [-0.39, 0.29) is 19.6 Å². The first-order valence-electron chi connectivity index (χ1n) is 14.2. The van der Waals surface area contributed by atoms with E-state index in [1.165, 1.54) is 9.80 Å². The molecule has 4 aromatic carbocycles. The van der Waals surface area contributed by atoms with Crippen LogP contribution < -0.4 is 15.5 Å². The number of benzene rings is 4. The van der Waals surface area contributed by atoms with Gasteiger partial charge >= 0.3 is 6.03 Å². The lowest BCUT2D eigenvalue weighted by molar-refractivity contribution is -0.139. The summed E-state index contributed by atoms with van der Waals surface area (Å²) in [7, 11) is 0. The third kappa shape index (κ3) is 10.3. The molecule has 4 amide bonds. The van der Waals surface area contributed by atoms with E-state index in [2.05, 4.69) is 5.32 Å². The number of ether oxygens (including phenoxy) is 1. The molecule has 4 rings (SSSR count). The first-order valence-corrected chi connectivity index (χ1v) is 14.2. The minimum absolute atomic E-state index is 0.233. The molecule has 222 valence electrons. The molecule has 0 bridgehead atoms. The molecule has 9 heteroatoms. The van der Waals surface area contributed by atoms with Gasteiger partial charge < -0.3 is 19.9 Å². The number of nitrogens with zero attached hydrogens (tertiary/aromatic N) is 2. The van der Waals surface area contributed by atoms with Crippen LogP contribution in [0.15, 0.2) is 115 Å². The summed E-state index contributed by atoms with van der Waals surface area (Å²) in [6.07, 6.45) is 1.88. The Balaban J connectivity index is 1.43. The number of hydrogen-bond acceptors (Lipinski definition) is 5. The van der Waals surface area contributed by atoms with Crippen molar-refractivity contribution in [3.8, 4) is 11.5 Å². The number of anilines is 1. The fourth-order valence-electron chi connectivity index (χ4n) is 4.48. The summed E-state index contributed by atoms with van der Waals surface area (Å²) in [6, 6.07) is 35.4. The van der Waals surface area contributed by atoms with Crippen LogP contribution in [-0.2, 0) is 22.4 Å². The number of amides is 4. The molecule has 0 spiro atoms. The summed E-state index contributed by atoms with van der Waals surface area (Å²) < 4.78 is 5.83. The first-order chi connectivity index (χ1) is 21.0. The molecule has 43 heavy (non-hydrogen) atoms. The minimum atomic E-state index is -0.709. The molecule has 0 aromatic heterocycles. The zero-order valence-corrected chi connectivity index (χ0v) is 23.9. The van der Waals surface area contributed by atoms with E-state index in [1.54, 1.807) is 29.7 Å². The van der Waals surface area contributed by atoms with Crippen LogP contribution in [0.25, 0.3) is 0 Å². The Labute approximate surface area is 251 Å². The topological polar surface area (TPSA) is 111 Å². The summed E-state index contributed by atoms with van der Waals surface area (Å²) in [5.74, 6) is 0.213. The predicted octanol–water partition coefficient (Wildman–Crippen LogP) is 5.52. The van der Waals surface area contributed by atoms with Crippen molar-refractivity contribution in [2.45, 2.75) is 19.3 Å². The van der Waals surface area contributed by atoms with Crippen molar-refractivity contribution >= 4 is 23.5 Å². The highest BCUT2D eigenvalue weighted by Crippen LogP contribution is 2.23. The third-order valence-corrected chi connectivity index (χ3v) is 6.76. The van der Waals surface area contributed by atoms with Crippen LogP contribution in [0.3, 0.4) is 0 Å². The number of hydroxylamine groups is 1. The Morgan fingerprint density at radius 2 is 1.19 bits per heavy atom.